The number of aromatic nitrogens is 2. The van der Waals surface area contributed by atoms with Crippen molar-refractivity contribution in [2.45, 2.75) is 51.4 Å². The highest BCUT2D eigenvalue weighted by molar-refractivity contribution is 5.66. The summed E-state index contributed by atoms with van der Waals surface area (Å²) in [4.78, 5) is 2.35. The summed E-state index contributed by atoms with van der Waals surface area (Å²) < 4.78 is 0. The van der Waals surface area contributed by atoms with Crippen molar-refractivity contribution in [1.82, 2.24) is 15.5 Å². The molecule has 1 aliphatic carbocycles. The Morgan fingerprint density at radius 1 is 0.920 bits per heavy atom. The van der Waals surface area contributed by atoms with Gasteiger partial charge >= 0.3 is 0 Å². The van der Waals surface area contributed by atoms with Crippen molar-refractivity contribution in [2.75, 3.05) is 31.1 Å². The third-order valence-corrected chi connectivity index (χ3v) is 6.17. The van der Waals surface area contributed by atoms with Crippen LogP contribution >= 0.6 is 0 Å². The van der Waals surface area contributed by atoms with E-state index in [1.165, 1.54) is 29.5 Å². The van der Waals surface area contributed by atoms with Crippen LogP contribution in [0.2, 0.25) is 0 Å². The molecule has 0 saturated carbocycles. The van der Waals surface area contributed by atoms with Gasteiger partial charge in [-0.25, -0.2) is 0 Å². The predicted octanol–water partition coefficient (Wildman–Crippen LogP) is 3.84. The fourth-order valence-electron chi connectivity index (χ4n) is 4.27. The molecule has 1 aromatic carbocycles. The van der Waals surface area contributed by atoms with Crippen molar-refractivity contribution < 1.29 is 0 Å². The van der Waals surface area contributed by atoms with Gasteiger partial charge in [-0.3, -0.25) is 5.10 Å². The first-order valence-corrected chi connectivity index (χ1v) is 9.53. The number of benzene rings is 1. The van der Waals surface area contributed by atoms with E-state index in [1.807, 2.05) is 0 Å². The monoisotopic (exact) mass is 338 g/mol. The van der Waals surface area contributed by atoms with Gasteiger partial charge in [-0.1, -0.05) is 39.8 Å². The maximum atomic E-state index is 4.57. The number of aromatic amines is 1. The Bertz CT molecular complexity index is 766. The molecule has 2 aliphatic rings. The minimum absolute atomic E-state index is 0.238. The van der Waals surface area contributed by atoms with Crippen molar-refractivity contribution in [3.63, 3.8) is 0 Å². The lowest BCUT2D eigenvalue weighted by molar-refractivity contribution is 0.332. The van der Waals surface area contributed by atoms with Crippen LogP contribution in [0.25, 0.3) is 11.3 Å². The van der Waals surface area contributed by atoms with Crippen molar-refractivity contribution in [1.29, 1.82) is 0 Å². The fourth-order valence-corrected chi connectivity index (χ4v) is 4.27. The Labute approximate surface area is 151 Å². The van der Waals surface area contributed by atoms with Gasteiger partial charge in [-0.2, -0.15) is 5.10 Å². The van der Waals surface area contributed by atoms with Crippen molar-refractivity contribution >= 4 is 5.82 Å². The molecule has 0 amide bonds. The van der Waals surface area contributed by atoms with Crippen LogP contribution in [-0.2, 0) is 10.8 Å². The molecule has 25 heavy (non-hydrogen) atoms. The molecule has 0 unspecified atom stereocenters. The molecule has 1 aromatic heterocycles. The second-order valence-corrected chi connectivity index (χ2v) is 8.90. The number of anilines is 1. The summed E-state index contributed by atoms with van der Waals surface area (Å²) in [6, 6.07) is 9.20. The number of nitrogens with zero attached hydrogens (tertiary/aromatic N) is 2. The molecule has 4 heteroatoms. The van der Waals surface area contributed by atoms with E-state index in [-0.39, 0.29) is 10.8 Å². The molecule has 2 N–H and O–H groups in total. The highest BCUT2D eigenvalue weighted by atomic mass is 15.3. The number of nitrogens with one attached hydrogen (secondary N) is 2. The van der Waals surface area contributed by atoms with E-state index in [0.717, 1.165) is 37.7 Å². The summed E-state index contributed by atoms with van der Waals surface area (Å²) in [5.41, 5.74) is 5.88. The van der Waals surface area contributed by atoms with E-state index < -0.39 is 0 Å². The highest BCUT2D eigenvalue weighted by Gasteiger charge is 2.37. The van der Waals surface area contributed by atoms with Crippen molar-refractivity contribution in [2.24, 2.45) is 0 Å². The normalized spacial score (nSPS) is 21.8. The van der Waals surface area contributed by atoms with Crippen molar-refractivity contribution in [3.05, 3.63) is 35.4 Å². The van der Waals surface area contributed by atoms with E-state index >= 15 is 0 Å². The topological polar surface area (TPSA) is 44.0 Å². The average molecular weight is 338 g/mol. The SMILES string of the molecule is CC1(C)CCC(C)(C)c2cc(-c3cc(N4CCNCC4)n[nH]3)ccc21. The lowest BCUT2D eigenvalue weighted by Gasteiger charge is -2.42. The summed E-state index contributed by atoms with van der Waals surface area (Å²) >= 11 is 0. The first-order chi connectivity index (χ1) is 11.9. The van der Waals surface area contributed by atoms with Crippen LogP contribution in [0.1, 0.15) is 51.7 Å². The Morgan fingerprint density at radius 3 is 2.32 bits per heavy atom. The van der Waals surface area contributed by atoms with E-state index in [1.54, 1.807) is 0 Å². The van der Waals surface area contributed by atoms with Crippen molar-refractivity contribution in [3.8, 4) is 11.3 Å². The van der Waals surface area contributed by atoms with E-state index in [0.29, 0.717) is 0 Å². The maximum absolute atomic E-state index is 4.57. The predicted molar refractivity (Wildman–Crippen MR) is 104 cm³/mol. The molecule has 1 aliphatic heterocycles. The van der Waals surface area contributed by atoms with E-state index in [9.17, 15) is 0 Å². The minimum Gasteiger partial charge on any atom is -0.353 e. The Kier molecular flexibility index (Phi) is 3.91. The highest BCUT2D eigenvalue weighted by Crippen LogP contribution is 2.46. The molecular formula is C21H30N4. The quantitative estimate of drug-likeness (QED) is 0.874. The van der Waals surface area contributed by atoms with Crippen LogP contribution in [0.15, 0.2) is 24.3 Å². The molecule has 2 aromatic rings. The molecule has 4 nitrogen and oxygen atoms in total. The summed E-state index contributed by atoms with van der Waals surface area (Å²) in [6.45, 7) is 13.6. The largest absolute Gasteiger partial charge is 0.353 e. The fraction of sp³-hybridized carbons (Fsp3) is 0.571. The van der Waals surface area contributed by atoms with E-state index in [2.05, 4.69) is 72.4 Å². The molecule has 0 spiro atoms. The van der Waals surface area contributed by atoms with Gasteiger partial charge in [0.25, 0.3) is 0 Å². The molecule has 2 heterocycles. The zero-order valence-corrected chi connectivity index (χ0v) is 15.9. The number of fused-ring (bicyclic) bond motifs is 1. The molecule has 0 bridgehead atoms. The second-order valence-electron chi connectivity index (χ2n) is 8.90. The average Bonchev–Trinajstić information content (AvgIpc) is 3.10. The van der Waals surface area contributed by atoms with Crippen LogP contribution in [0, 0.1) is 0 Å². The van der Waals surface area contributed by atoms with Crippen LogP contribution < -0.4 is 10.2 Å². The molecule has 0 atom stereocenters. The lowest BCUT2D eigenvalue weighted by Crippen LogP contribution is -2.43. The number of piperazine rings is 1. The summed E-state index contributed by atoms with van der Waals surface area (Å²) in [7, 11) is 0. The van der Waals surface area contributed by atoms with Gasteiger partial charge in [0, 0.05) is 32.2 Å². The van der Waals surface area contributed by atoms with Crippen LogP contribution in [0.5, 0.6) is 0 Å². The first-order valence-electron chi connectivity index (χ1n) is 9.53. The zero-order valence-electron chi connectivity index (χ0n) is 15.9. The summed E-state index contributed by atoms with van der Waals surface area (Å²) in [5.74, 6) is 1.06. The van der Waals surface area contributed by atoms with Crippen LogP contribution in [0.4, 0.5) is 5.82 Å². The lowest BCUT2D eigenvalue weighted by atomic mass is 9.63. The Balaban J connectivity index is 1.69. The molecule has 4 rings (SSSR count). The number of hydrogen-bond donors (Lipinski definition) is 2. The van der Waals surface area contributed by atoms with Gasteiger partial charge < -0.3 is 10.2 Å². The van der Waals surface area contributed by atoms with Gasteiger partial charge in [-0.05, 0) is 46.4 Å². The maximum Gasteiger partial charge on any atom is 0.151 e. The Morgan fingerprint density at radius 2 is 1.60 bits per heavy atom. The van der Waals surface area contributed by atoms with E-state index in [4.69, 9.17) is 0 Å². The van der Waals surface area contributed by atoms with Gasteiger partial charge in [-0.15, -0.1) is 0 Å². The van der Waals surface area contributed by atoms with Gasteiger partial charge in [0.2, 0.25) is 0 Å². The molecule has 134 valence electrons. The number of H-pyrrole nitrogens is 1. The molecule has 1 fully saturated rings. The van der Waals surface area contributed by atoms with Gasteiger partial charge in [0.1, 0.15) is 0 Å². The molecule has 1 saturated heterocycles. The first kappa shape index (κ1) is 16.6. The minimum atomic E-state index is 0.238. The summed E-state index contributed by atoms with van der Waals surface area (Å²) in [5, 5.41) is 11.2. The second kappa shape index (κ2) is 5.87. The Hall–Kier alpha value is -1.81. The summed E-state index contributed by atoms with van der Waals surface area (Å²) in [6.07, 6.45) is 2.50. The zero-order chi connectivity index (χ0) is 17.7. The van der Waals surface area contributed by atoms with Gasteiger partial charge in [0.05, 0.1) is 5.69 Å². The number of rotatable bonds is 2. The molecular weight excluding hydrogens is 308 g/mol. The standard InChI is InChI=1S/C21H30N4/c1-20(2)7-8-21(3,4)17-13-15(5-6-16(17)20)18-14-19(24-23-18)25-11-9-22-10-12-25/h5-6,13-14,22H,7-12H2,1-4H3,(H,23,24). The molecule has 0 radical (unpaired) electrons. The third kappa shape index (κ3) is 2.97. The van der Waals surface area contributed by atoms with Crippen LogP contribution in [0.3, 0.4) is 0 Å². The smallest absolute Gasteiger partial charge is 0.151 e. The van der Waals surface area contributed by atoms with Gasteiger partial charge in [0.15, 0.2) is 5.82 Å². The third-order valence-electron chi connectivity index (χ3n) is 6.17. The van der Waals surface area contributed by atoms with Crippen LogP contribution in [-0.4, -0.2) is 36.4 Å². The number of hydrogen-bond acceptors (Lipinski definition) is 3.